The first-order chi connectivity index (χ1) is 14.2. The SMILES string of the molecule is COC(=O)N1CCC(N2CCC(Nc3ccc(S(C)(=O)=O)cc3[N+](=O)[O-])CC2)CC1. The lowest BCUT2D eigenvalue weighted by Gasteiger charge is -2.41. The van der Waals surface area contributed by atoms with Gasteiger partial charge < -0.3 is 19.9 Å². The fourth-order valence-corrected chi connectivity index (χ4v) is 4.83. The molecule has 2 saturated heterocycles. The minimum Gasteiger partial charge on any atom is -0.453 e. The number of nitrogens with one attached hydrogen (secondary N) is 1. The molecule has 1 aromatic carbocycles. The highest BCUT2D eigenvalue weighted by atomic mass is 32.2. The van der Waals surface area contributed by atoms with E-state index in [0.717, 1.165) is 51.1 Å². The summed E-state index contributed by atoms with van der Waals surface area (Å²) >= 11 is 0. The van der Waals surface area contributed by atoms with Gasteiger partial charge in [0.25, 0.3) is 5.69 Å². The number of sulfone groups is 1. The molecule has 2 aliphatic heterocycles. The smallest absolute Gasteiger partial charge is 0.409 e. The van der Waals surface area contributed by atoms with Crippen molar-refractivity contribution in [3.05, 3.63) is 28.3 Å². The molecule has 1 aromatic rings. The van der Waals surface area contributed by atoms with Gasteiger partial charge in [0.2, 0.25) is 0 Å². The van der Waals surface area contributed by atoms with Crippen LogP contribution < -0.4 is 5.32 Å². The Morgan fingerprint density at radius 2 is 1.80 bits per heavy atom. The van der Waals surface area contributed by atoms with Gasteiger partial charge in [-0.1, -0.05) is 0 Å². The third-order valence-electron chi connectivity index (χ3n) is 5.90. The van der Waals surface area contributed by atoms with Crippen molar-refractivity contribution in [2.45, 2.75) is 42.7 Å². The van der Waals surface area contributed by atoms with Gasteiger partial charge in [0.1, 0.15) is 5.69 Å². The zero-order valence-electron chi connectivity index (χ0n) is 17.2. The van der Waals surface area contributed by atoms with E-state index < -0.39 is 14.8 Å². The highest BCUT2D eigenvalue weighted by Gasteiger charge is 2.30. The van der Waals surface area contributed by atoms with Crippen LogP contribution in [-0.4, -0.2) is 80.9 Å². The lowest BCUT2D eigenvalue weighted by Crippen LogP contribution is -2.50. The molecule has 0 bridgehead atoms. The van der Waals surface area contributed by atoms with Gasteiger partial charge in [-0.15, -0.1) is 0 Å². The summed E-state index contributed by atoms with van der Waals surface area (Å²) in [5, 5.41) is 14.7. The van der Waals surface area contributed by atoms with Gasteiger partial charge >= 0.3 is 6.09 Å². The van der Waals surface area contributed by atoms with E-state index in [-0.39, 0.29) is 22.7 Å². The molecule has 0 unspecified atom stereocenters. The normalized spacial score (nSPS) is 19.5. The minimum atomic E-state index is -3.51. The topological polar surface area (TPSA) is 122 Å². The van der Waals surface area contributed by atoms with E-state index in [0.29, 0.717) is 24.8 Å². The van der Waals surface area contributed by atoms with Crippen molar-refractivity contribution < 1.29 is 22.9 Å². The lowest BCUT2D eigenvalue weighted by molar-refractivity contribution is -0.384. The fourth-order valence-electron chi connectivity index (χ4n) is 4.19. The molecular formula is C19H28N4O6S. The van der Waals surface area contributed by atoms with Crippen LogP contribution in [0.2, 0.25) is 0 Å². The van der Waals surface area contributed by atoms with E-state index in [9.17, 15) is 23.3 Å². The number of benzene rings is 1. The molecule has 0 saturated carbocycles. The van der Waals surface area contributed by atoms with Gasteiger partial charge in [0, 0.05) is 50.6 Å². The molecule has 166 valence electrons. The molecule has 0 radical (unpaired) electrons. The van der Waals surface area contributed by atoms with E-state index in [4.69, 9.17) is 4.74 Å². The third kappa shape index (κ3) is 5.20. The summed E-state index contributed by atoms with van der Waals surface area (Å²) < 4.78 is 28.2. The number of piperidine rings is 2. The van der Waals surface area contributed by atoms with Crippen LogP contribution in [0.25, 0.3) is 0 Å². The summed E-state index contributed by atoms with van der Waals surface area (Å²) in [7, 11) is -2.12. The van der Waals surface area contributed by atoms with Crippen molar-refractivity contribution in [3.8, 4) is 0 Å². The van der Waals surface area contributed by atoms with Crippen molar-refractivity contribution in [2.75, 3.05) is 44.9 Å². The summed E-state index contributed by atoms with van der Waals surface area (Å²) in [4.78, 5) is 26.6. The van der Waals surface area contributed by atoms with Gasteiger partial charge in [0.05, 0.1) is 16.9 Å². The van der Waals surface area contributed by atoms with E-state index in [1.54, 1.807) is 4.90 Å². The Kier molecular flexibility index (Phi) is 6.81. The van der Waals surface area contributed by atoms with Gasteiger partial charge in [-0.25, -0.2) is 13.2 Å². The number of hydrogen-bond donors (Lipinski definition) is 1. The van der Waals surface area contributed by atoms with Crippen LogP contribution >= 0.6 is 0 Å². The Hall–Kier alpha value is -2.40. The largest absolute Gasteiger partial charge is 0.453 e. The quantitative estimate of drug-likeness (QED) is 0.546. The Bertz CT molecular complexity index is 890. The molecule has 10 nitrogen and oxygen atoms in total. The van der Waals surface area contributed by atoms with E-state index in [1.807, 2.05) is 0 Å². The number of ether oxygens (including phenoxy) is 1. The molecule has 1 N–H and O–H groups in total. The number of nitrogens with zero attached hydrogens (tertiary/aromatic N) is 3. The predicted molar refractivity (Wildman–Crippen MR) is 111 cm³/mol. The second kappa shape index (κ2) is 9.17. The maximum Gasteiger partial charge on any atom is 0.409 e. The highest BCUT2D eigenvalue weighted by Crippen LogP contribution is 2.30. The number of methoxy groups -OCH3 is 1. The Balaban J connectivity index is 1.56. The van der Waals surface area contributed by atoms with Gasteiger partial charge in [0.15, 0.2) is 9.84 Å². The average molecular weight is 441 g/mol. The Labute approximate surface area is 176 Å². The molecular weight excluding hydrogens is 412 g/mol. The first-order valence-corrected chi connectivity index (χ1v) is 11.9. The molecule has 1 amide bonds. The molecule has 2 fully saturated rings. The first-order valence-electron chi connectivity index (χ1n) is 10.0. The minimum absolute atomic E-state index is 0.0622. The molecule has 0 spiro atoms. The molecule has 2 aliphatic rings. The standard InChI is InChI=1S/C19H28N4O6S/c1-29-19(24)22-11-7-15(8-12-22)21-9-5-14(6-10-21)20-17-4-3-16(30(2,27)28)13-18(17)23(25)26/h3-4,13-15,20H,5-12H2,1-2H3. The Morgan fingerprint density at radius 3 is 2.33 bits per heavy atom. The zero-order valence-corrected chi connectivity index (χ0v) is 18.1. The number of carbonyl (C=O) groups is 1. The Morgan fingerprint density at radius 1 is 1.17 bits per heavy atom. The summed E-state index contributed by atoms with van der Waals surface area (Å²) in [5.41, 5.74) is 0.118. The number of nitro benzene ring substituents is 1. The lowest BCUT2D eigenvalue weighted by atomic mass is 9.97. The van der Waals surface area contributed by atoms with E-state index in [1.165, 1.54) is 19.2 Å². The van der Waals surface area contributed by atoms with E-state index in [2.05, 4.69) is 10.2 Å². The zero-order chi connectivity index (χ0) is 21.9. The second-order valence-corrected chi connectivity index (χ2v) is 9.87. The van der Waals surface area contributed by atoms with E-state index >= 15 is 0 Å². The molecule has 3 rings (SSSR count). The van der Waals surface area contributed by atoms with Gasteiger partial charge in [-0.3, -0.25) is 10.1 Å². The van der Waals surface area contributed by atoms with Crippen molar-refractivity contribution >= 4 is 27.3 Å². The van der Waals surface area contributed by atoms with Crippen LogP contribution in [0, 0.1) is 10.1 Å². The highest BCUT2D eigenvalue weighted by molar-refractivity contribution is 7.90. The van der Waals surface area contributed by atoms with Crippen molar-refractivity contribution in [1.82, 2.24) is 9.80 Å². The second-order valence-electron chi connectivity index (χ2n) is 7.85. The monoisotopic (exact) mass is 440 g/mol. The molecule has 11 heteroatoms. The third-order valence-corrected chi connectivity index (χ3v) is 7.01. The molecule has 0 aliphatic carbocycles. The summed E-state index contributed by atoms with van der Waals surface area (Å²) in [6.07, 6.45) is 4.24. The number of carbonyl (C=O) groups excluding carboxylic acids is 1. The molecule has 0 atom stereocenters. The number of hydrogen-bond acceptors (Lipinski definition) is 8. The summed E-state index contributed by atoms with van der Waals surface area (Å²) in [6, 6.07) is 4.50. The number of nitro groups is 1. The van der Waals surface area contributed by atoms with Crippen LogP contribution in [0.15, 0.2) is 23.1 Å². The van der Waals surface area contributed by atoms with Crippen LogP contribution in [0.3, 0.4) is 0 Å². The molecule has 30 heavy (non-hydrogen) atoms. The van der Waals surface area contributed by atoms with Crippen LogP contribution in [0.5, 0.6) is 0 Å². The van der Waals surface area contributed by atoms with Crippen molar-refractivity contribution in [1.29, 1.82) is 0 Å². The first kappa shape index (κ1) is 22.3. The summed E-state index contributed by atoms with van der Waals surface area (Å²) in [5.74, 6) is 0. The average Bonchev–Trinajstić information content (AvgIpc) is 2.73. The van der Waals surface area contributed by atoms with Gasteiger partial charge in [-0.05, 0) is 37.8 Å². The number of likely N-dealkylation sites (tertiary alicyclic amines) is 2. The fraction of sp³-hybridized carbons (Fsp3) is 0.632. The van der Waals surface area contributed by atoms with Gasteiger partial charge in [-0.2, -0.15) is 0 Å². The van der Waals surface area contributed by atoms with Crippen molar-refractivity contribution in [2.24, 2.45) is 0 Å². The predicted octanol–water partition coefficient (Wildman–Crippen LogP) is 2.11. The van der Waals surface area contributed by atoms with Crippen molar-refractivity contribution in [3.63, 3.8) is 0 Å². The van der Waals surface area contributed by atoms with Crippen LogP contribution in [-0.2, 0) is 14.6 Å². The van der Waals surface area contributed by atoms with Crippen LogP contribution in [0.4, 0.5) is 16.2 Å². The maximum atomic E-state index is 11.7. The maximum absolute atomic E-state index is 11.7. The number of rotatable bonds is 5. The van der Waals surface area contributed by atoms with Crippen LogP contribution in [0.1, 0.15) is 25.7 Å². The number of amides is 1. The molecule has 0 aromatic heterocycles. The number of anilines is 1. The summed E-state index contributed by atoms with van der Waals surface area (Å²) in [6.45, 7) is 3.12. The molecule has 2 heterocycles.